The Labute approximate surface area is 135 Å². The van der Waals surface area contributed by atoms with Gasteiger partial charge >= 0.3 is 5.97 Å². The lowest BCUT2D eigenvalue weighted by atomic mass is 10.2. The van der Waals surface area contributed by atoms with Crippen LogP contribution in [0.3, 0.4) is 0 Å². The van der Waals surface area contributed by atoms with Crippen LogP contribution < -0.4 is 4.72 Å². The van der Waals surface area contributed by atoms with Crippen molar-refractivity contribution in [1.29, 1.82) is 0 Å². The molecule has 0 aliphatic carbocycles. The second-order valence-corrected chi connectivity index (χ2v) is 6.54. The summed E-state index contributed by atoms with van der Waals surface area (Å²) in [6, 6.07) is 12.8. The Morgan fingerprint density at radius 3 is 2.65 bits per heavy atom. The van der Waals surface area contributed by atoms with Crippen molar-refractivity contribution in [2.45, 2.75) is 11.8 Å². The second kappa shape index (κ2) is 7.11. The van der Waals surface area contributed by atoms with E-state index >= 15 is 0 Å². The van der Waals surface area contributed by atoms with Gasteiger partial charge in [0, 0.05) is 0 Å². The highest BCUT2D eigenvalue weighted by atomic mass is 32.2. The van der Waals surface area contributed by atoms with Gasteiger partial charge in [0.05, 0.1) is 16.1 Å². The standard InChI is InChI=1S/C17H17NO4S/c1-3-11-22-17(19)15-9-4-5-10-16(15)18-23(20,21)14-8-6-7-13(2)12-14/h3-10,12,18H,1,11H2,2H3. The molecule has 0 atom stereocenters. The number of hydrogen-bond acceptors (Lipinski definition) is 4. The molecule has 1 N–H and O–H groups in total. The number of carbonyl (C=O) groups excluding carboxylic acids is 1. The molecular weight excluding hydrogens is 314 g/mol. The average Bonchev–Trinajstić information content (AvgIpc) is 2.53. The fourth-order valence-corrected chi connectivity index (χ4v) is 3.13. The van der Waals surface area contributed by atoms with Crippen LogP contribution in [0, 0.1) is 6.92 Å². The fraction of sp³-hybridized carbons (Fsp3) is 0.118. The van der Waals surface area contributed by atoms with Crippen LogP contribution in [0.15, 0.2) is 66.1 Å². The van der Waals surface area contributed by atoms with E-state index in [2.05, 4.69) is 11.3 Å². The lowest BCUT2D eigenvalue weighted by molar-refractivity contribution is 0.0551. The third-order valence-corrected chi connectivity index (χ3v) is 4.39. The van der Waals surface area contributed by atoms with Crippen LogP contribution in [0.25, 0.3) is 0 Å². The third kappa shape index (κ3) is 4.20. The van der Waals surface area contributed by atoms with Crippen molar-refractivity contribution in [3.05, 3.63) is 72.3 Å². The number of nitrogens with one attached hydrogen (secondary N) is 1. The summed E-state index contributed by atoms with van der Waals surface area (Å²) in [5.74, 6) is -0.618. The van der Waals surface area contributed by atoms with E-state index in [0.29, 0.717) is 0 Å². The molecule has 5 nitrogen and oxygen atoms in total. The van der Waals surface area contributed by atoms with Gasteiger partial charge in [-0.2, -0.15) is 0 Å². The van der Waals surface area contributed by atoms with Gasteiger partial charge in [0.2, 0.25) is 0 Å². The van der Waals surface area contributed by atoms with E-state index < -0.39 is 16.0 Å². The van der Waals surface area contributed by atoms with Crippen molar-refractivity contribution in [1.82, 2.24) is 0 Å². The van der Waals surface area contributed by atoms with Crippen LogP contribution in [0.5, 0.6) is 0 Å². The third-order valence-electron chi connectivity index (χ3n) is 3.02. The van der Waals surface area contributed by atoms with Gasteiger partial charge in [-0.05, 0) is 36.8 Å². The number of ether oxygens (including phenoxy) is 1. The minimum atomic E-state index is -3.79. The van der Waals surface area contributed by atoms with E-state index in [1.54, 1.807) is 37.3 Å². The van der Waals surface area contributed by atoms with E-state index in [4.69, 9.17) is 4.74 Å². The van der Waals surface area contributed by atoms with Crippen molar-refractivity contribution >= 4 is 21.7 Å². The molecule has 0 aliphatic rings. The molecule has 0 spiro atoms. The molecule has 2 aromatic rings. The van der Waals surface area contributed by atoms with Crippen LogP contribution in [0.1, 0.15) is 15.9 Å². The summed E-state index contributed by atoms with van der Waals surface area (Å²) >= 11 is 0. The van der Waals surface area contributed by atoms with Gasteiger partial charge < -0.3 is 4.74 Å². The molecule has 23 heavy (non-hydrogen) atoms. The Morgan fingerprint density at radius 2 is 1.96 bits per heavy atom. The van der Waals surface area contributed by atoms with E-state index in [0.717, 1.165) is 5.56 Å². The highest BCUT2D eigenvalue weighted by Crippen LogP contribution is 2.21. The smallest absolute Gasteiger partial charge is 0.340 e. The maximum atomic E-state index is 12.5. The van der Waals surface area contributed by atoms with Gasteiger partial charge in [0.15, 0.2) is 0 Å². The summed E-state index contributed by atoms with van der Waals surface area (Å²) in [6.07, 6.45) is 1.44. The molecule has 0 radical (unpaired) electrons. The highest BCUT2D eigenvalue weighted by Gasteiger charge is 2.19. The molecule has 120 valence electrons. The summed E-state index contributed by atoms with van der Waals surface area (Å²) in [5, 5.41) is 0. The van der Waals surface area contributed by atoms with Gasteiger partial charge in [-0.3, -0.25) is 4.72 Å². The summed E-state index contributed by atoms with van der Waals surface area (Å²) < 4.78 is 32.3. The number of sulfonamides is 1. The minimum Gasteiger partial charge on any atom is -0.458 e. The topological polar surface area (TPSA) is 72.5 Å². The minimum absolute atomic E-state index is 0.0534. The molecule has 0 saturated heterocycles. The zero-order valence-electron chi connectivity index (χ0n) is 12.7. The predicted molar refractivity (Wildman–Crippen MR) is 88.9 cm³/mol. The molecule has 0 heterocycles. The molecule has 0 aromatic heterocycles. The van der Waals surface area contributed by atoms with Crippen molar-refractivity contribution in [3.63, 3.8) is 0 Å². The van der Waals surface area contributed by atoms with Crippen LogP contribution in [0.2, 0.25) is 0 Å². The highest BCUT2D eigenvalue weighted by molar-refractivity contribution is 7.92. The SMILES string of the molecule is C=CCOC(=O)c1ccccc1NS(=O)(=O)c1cccc(C)c1. The maximum absolute atomic E-state index is 12.5. The van der Waals surface area contributed by atoms with Crippen LogP contribution >= 0.6 is 0 Å². The lowest BCUT2D eigenvalue weighted by Crippen LogP contribution is -2.16. The van der Waals surface area contributed by atoms with E-state index in [1.807, 2.05) is 0 Å². The lowest BCUT2D eigenvalue weighted by Gasteiger charge is -2.12. The van der Waals surface area contributed by atoms with E-state index in [1.165, 1.54) is 24.3 Å². The van der Waals surface area contributed by atoms with Gasteiger partial charge in [0.25, 0.3) is 10.0 Å². The number of benzene rings is 2. The Morgan fingerprint density at radius 1 is 1.22 bits per heavy atom. The Bertz CT molecular complexity index is 828. The second-order valence-electron chi connectivity index (χ2n) is 4.85. The van der Waals surface area contributed by atoms with Crippen molar-refractivity contribution < 1.29 is 17.9 Å². The maximum Gasteiger partial charge on any atom is 0.340 e. The van der Waals surface area contributed by atoms with Gasteiger partial charge in [-0.1, -0.05) is 36.9 Å². The molecule has 0 fully saturated rings. The first-order valence-electron chi connectivity index (χ1n) is 6.90. The molecule has 0 amide bonds. The van der Waals surface area contributed by atoms with Gasteiger partial charge in [-0.25, -0.2) is 13.2 Å². The zero-order valence-corrected chi connectivity index (χ0v) is 13.5. The fourth-order valence-electron chi connectivity index (χ4n) is 1.95. The number of para-hydroxylation sites is 1. The van der Waals surface area contributed by atoms with E-state index in [-0.39, 0.29) is 22.8 Å². The molecule has 0 unspecified atom stereocenters. The monoisotopic (exact) mass is 331 g/mol. The van der Waals surface area contributed by atoms with Crippen LogP contribution in [-0.2, 0) is 14.8 Å². The Kier molecular flexibility index (Phi) is 5.18. The number of aryl methyl sites for hydroxylation is 1. The average molecular weight is 331 g/mol. The summed E-state index contributed by atoms with van der Waals surface area (Å²) in [7, 11) is -3.79. The molecule has 6 heteroatoms. The van der Waals surface area contributed by atoms with Gasteiger partial charge in [-0.15, -0.1) is 0 Å². The first-order chi connectivity index (χ1) is 10.9. The number of rotatable bonds is 6. The van der Waals surface area contributed by atoms with Gasteiger partial charge in [0.1, 0.15) is 6.61 Å². The summed E-state index contributed by atoms with van der Waals surface area (Å²) in [5.41, 5.74) is 1.14. The predicted octanol–water partition coefficient (Wildman–Crippen LogP) is 3.14. The largest absolute Gasteiger partial charge is 0.458 e. The first-order valence-corrected chi connectivity index (χ1v) is 8.39. The Balaban J connectivity index is 2.33. The van der Waals surface area contributed by atoms with E-state index in [9.17, 15) is 13.2 Å². The summed E-state index contributed by atoms with van der Waals surface area (Å²) in [4.78, 5) is 12.1. The quantitative estimate of drug-likeness (QED) is 0.652. The molecule has 2 aromatic carbocycles. The molecule has 0 bridgehead atoms. The number of carbonyl (C=O) groups is 1. The number of anilines is 1. The molecule has 0 aliphatic heterocycles. The normalized spacial score (nSPS) is 10.8. The number of esters is 1. The number of hydrogen-bond donors (Lipinski definition) is 1. The first kappa shape index (κ1) is 16.8. The Hall–Kier alpha value is -2.60. The zero-order chi connectivity index (χ0) is 16.9. The summed E-state index contributed by atoms with van der Waals surface area (Å²) in [6.45, 7) is 5.33. The van der Waals surface area contributed by atoms with Crippen LogP contribution in [-0.4, -0.2) is 21.0 Å². The molecule has 2 rings (SSSR count). The molecular formula is C17H17NO4S. The van der Waals surface area contributed by atoms with Crippen molar-refractivity contribution in [2.75, 3.05) is 11.3 Å². The molecule has 0 saturated carbocycles. The van der Waals surface area contributed by atoms with Crippen molar-refractivity contribution in [2.24, 2.45) is 0 Å². The van der Waals surface area contributed by atoms with Crippen LogP contribution in [0.4, 0.5) is 5.69 Å². The van der Waals surface area contributed by atoms with Crippen molar-refractivity contribution in [3.8, 4) is 0 Å².